The summed E-state index contributed by atoms with van der Waals surface area (Å²) in [5, 5.41) is 3.59. The fourth-order valence-electron chi connectivity index (χ4n) is 1.14. The van der Waals surface area contributed by atoms with Crippen LogP contribution in [0.4, 0.5) is 0 Å². The lowest BCUT2D eigenvalue weighted by Gasteiger charge is -2.21. The maximum absolute atomic E-state index is 5.21. The average Bonchev–Trinajstić information content (AvgIpc) is 2.03. The van der Waals surface area contributed by atoms with Crippen molar-refractivity contribution in [3.05, 3.63) is 0 Å². The van der Waals surface area contributed by atoms with Gasteiger partial charge in [0.15, 0.2) is 0 Å². The smallest absolute Gasteiger partial charge is 0.0469 e. The van der Waals surface area contributed by atoms with E-state index in [4.69, 9.17) is 4.74 Å². The second kappa shape index (κ2) is 4.28. The summed E-state index contributed by atoms with van der Waals surface area (Å²) >= 11 is 0. The van der Waals surface area contributed by atoms with Crippen molar-refractivity contribution in [1.82, 2.24) is 5.43 Å². The standard InChI is InChI=1S/C7H14N2O/c1-8-9-6-7-2-4-10-5-3-7/h7,9H,1-6H2. The van der Waals surface area contributed by atoms with Gasteiger partial charge in [0.25, 0.3) is 0 Å². The number of hydrogen-bond donors (Lipinski definition) is 1. The van der Waals surface area contributed by atoms with Crippen molar-refractivity contribution in [3.63, 3.8) is 0 Å². The first-order valence-corrected chi connectivity index (χ1v) is 3.70. The predicted molar refractivity (Wildman–Crippen MR) is 41.1 cm³/mol. The van der Waals surface area contributed by atoms with Crippen LogP contribution in [0.1, 0.15) is 12.8 Å². The van der Waals surface area contributed by atoms with E-state index in [9.17, 15) is 0 Å². The zero-order valence-electron chi connectivity index (χ0n) is 6.18. The van der Waals surface area contributed by atoms with Crippen LogP contribution in [0.3, 0.4) is 0 Å². The Labute approximate surface area is 61.5 Å². The number of nitrogens with one attached hydrogen (secondary N) is 1. The summed E-state index contributed by atoms with van der Waals surface area (Å²) in [6.07, 6.45) is 2.31. The molecule has 0 unspecified atom stereocenters. The van der Waals surface area contributed by atoms with Gasteiger partial charge in [-0.25, -0.2) is 0 Å². The molecule has 0 radical (unpaired) electrons. The molecular formula is C7H14N2O. The van der Waals surface area contributed by atoms with Crippen molar-refractivity contribution in [2.75, 3.05) is 19.8 Å². The van der Waals surface area contributed by atoms with Crippen molar-refractivity contribution in [1.29, 1.82) is 0 Å². The summed E-state index contributed by atoms with van der Waals surface area (Å²) in [5.41, 5.74) is 2.88. The Morgan fingerprint density at radius 3 is 2.80 bits per heavy atom. The van der Waals surface area contributed by atoms with Crippen LogP contribution in [-0.2, 0) is 4.74 Å². The molecule has 0 aromatic heterocycles. The van der Waals surface area contributed by atoms with Crippen molar-refractivity contribution < 1.29 is 4.74 Å². The molecule has 58 valence electrons. The Kier molecular flexibility index (Phi) is 3.22. The van der Waals surface area contributed by atoms with Crippen LogP contribution < -0.4 is 5.43 Å². The van der Waals surface area contributed by atoms with Crippen molar-refractivity contribution in [2.45, 2.75) is 12.8 Å². The SMILES string of the molecule is C=NNCC1CCOCC1. The Balaban J connectivity index is 2.07. The topological polar surface area (TPSA) is 33.6 Å². The normalized spacial score (nSPS) is 20.4. The first-order chi connectivity index (χ1) is 4.93. The minimum atomic E-state index is 0.735. The molecule has 1 heterocycles. The molecule has 0 aromatic rings. The molecule has 3 heteroatoms. The molecule has 0 bridgehead atoms. The Morgan fingerprint density at radius 1 is 1.50 bits per heavy atom. The molecule has 1 rings (SSSR count). The molecule has 0 amide bonds. The number of rotatable bonds is 3. The van der Waals surface area contributed by atoms with Gasteiger partial charge in [-0.05, 0) is 18.8 Å². The predicted octanol–water partition coefficient (Wildman–Crippen LogP) is 0.618. The Bertz CT molecular complexity index is 99.8. The second-order valence-electron chi connectivity index (χ2n) is 2.58. The molecule has 1 aliphatic heterocycles. The highest BCUT2D eigenvalue weighted by Crippen LogP contribution is 2.12. The van der Waals surface area contributed by atoms with Gasteiger partial charge in [-0.15, -0.1) is 0 Å². The summed E-state index contributed by atoms with van der Waals surface area (Å²) in [4.78, 5) is 0. The summed E-state index contributed by atoms with van der Waals surface area (Å²) < 4.78 is 5.21. The van der Waals surface area contributed by atoms with E-state index in [1.807, 2.05) is 0 Å². The lowest BCUT2D eigenvalue weighted by molar-refractivity contribution is 0.0665. The molecule has 3 nitrogen and oxygen atoms in total. The van der Waals surface area contributed by atoms with Gasteiger partial charge >= 0.3 is 0 Å². The molecule has 1 saturated heterocycles. The number of nitrogens with zero attached hydrogens (tertiary/aromatic N) is 1. The van der Waals surface area contributed by atoms with Crippen LogP contribution in [0.15, 0.2) is 5.10 Å². The summed E-state index contributed by atoms with van der Waals surface area (Å²) in [5.74, 6) is 0.735. The maximum Gasteiger partial charge on any atom is 0.0469 e. The van der Waals surface area contributed by atoms with Crippen LogP contribution >= 0.6 is 0 Å². The monoisotopic (exact) mass is 142 g/mol. The summed E-state index contributed by atoms with van der Waals surface area (Å²) in [6.45, 7) is 6.12. The van der Waals surface area contributed by atoms with Crippen molar-refractivity contribution in [3.8, 4) is 0 Å². The largest absolute Gasteiger partial charge is 0.381 e. The first-order valence-electron chi connectivity index (χ1n) is 3.70. The van der Waals surface area contributed by atoms with Crippen LogP contribution in [0.5, 0.6) is 0 Å². The number of hydrazone groups is 1. The maximum atomic E-state index is 5.21. The van der Waals surface area contributed by atoms with Gasteiger partial charge in [-0.3, -0.25) is 0 Å². The van der Waals surface area contributed by atoms with E-state index in [0.717, 1.165) is 38.5 Å². The van der Waals surface area contributed by atoms with E-state index in [0.29, 0.717) is 0 Å². The Morgan fingerprint density at radius 2 is 2.20 bits per heavy atom. The highest BCUT2D eigenvalue weighted by molar-refractivity contribution is 5.22. The molecule has 0 aliphatic carbocycles. The molecule has 0 aromatic carbocycles. The third-order valence-corrected chi connectivity index (χ3v) is 1.83. The number of hydrogen-bond acceptors (Lipinski definition) is 3. The van der Waals surface area contributed by atoms with Gasteiger partial charge in [0.05, 0.1) is 0 Å². The first kappa shape index (κ1) is 7.54. The van der Waals surface area contributed by atoms with Crippen molar-refractivity contribution in [2.24, 2.45) is 11.0 Å². The lowest BCUT2D eigenvalue weighted by atomic mass is 10.0. The zero-order chi connectivity index (χ0) is 7.23. The minimum Gasteiger partial charge on any atom is -0.381 e. The number of ether oxygens (including phenoxy) is 1. The van der Waals surface area contributed by atoms with E-state index in [2.05, 4.69) is 17.2 Å². The third-order valence-electron chi connectivity index (χ3n) is 1.83. The van der Waals surface area contributed by atoms with Gasteiger partial charge in [0, 0.05) is 26.5 Å². The van der Waals surface area contributed by atoms with Crippen molar-refractivity contribution >= 4 is 6.72 Å². The molecule has 0 saturated carbocycles. The fourth-order valence-corrected chi connectivity index (χ4v) is 1.14. The van der Waals surface area contributed by atoms with E-state index in [-0.39, 0.29) is 0 Å². The van der Waals surface area contributed by atoms with Gasteiger partial charge in [0.2, 0.25) is 0 Å². The Hall–Kier alpha value is -0.570. The minimum absolute atomic E-state index is 0.735. The fraction of sp³-hybridized carbons (Fsp3) is 0.857. The molecule has 10 heavy (non-hydrogen) atoms. The molecule has 0 spiro atoms. The van der Waals surface area contributed by atoms with Crippen LogP contribution in [0.2, 0.25) is 0 Å². The van der Waals surface area contributed by atoms with E-state index in [1.165, 1.54) is 0 Å². The zero-order valence-corrected chi connectivity index (χ0v) is 6.18. The van der Waals surface area contributed by atoms with Gasteiger partial charge < -0.3 is 10.2 Å². The second-order valence-corrected chi connectivity index (χ2v) is 2.58. The summed E-state index contributed by atoms with van der Waals surface area (Å²) in [7, 11) is 0. The van der Waals surface area contributed by atoms with Crippen LogP contribution in [-0.4, -0.2) is 26.5 Å². The van der Waals surface area contributed by atoms with Gasteiger partial charge in [-0.2, -0.15) is 5.10 Å². The van der Waals surface area contributed by atoms with E-state index < -0.39 is 0 Å². The van der Waals surface area contributed by atoms with E-state index in [1.54, 1.807) is 0 Å². The highest BCUT2D eigenvalue weighted by Gasteiger charge is 2.12. The average molecular weight is 142 g/mol. The van der Waals surface area contributed by atoms with Crippen LogP contribution in [0.25, 0.3) is 0 Å². The quantitative estimate of drug-likeness (QED) is 0.463. The third kappa shape index (κ3) is 2.35. The molecule has 1 aliphatic rings. The van der Waals surface area contributed by atoms with E-state index >= 15 is 0 Å². The lowest BCUT2D eigenvalue weighted by Crippen LogP contribution is -2.24. The molecule has 1 N–H and O–H groups in total. The molecular weight excluding hydrogens is 128 g/mol. The molecule has 1 fully saturated rings. The highest BCUT2D eigenvalue weighted by atomic mass is 16.5. The van der Waals surface area contributed by atoms with Gasteiger partial charge in [-0.1, -0.05) is 0 Å². The van der Waals surface area contributed by atoms with Crippen LogP contribution in [0, 0.1) is 5.92 Å². The summed E-state index contributed by atoms with van der Waals surface area (Å²) in [6, 6.07) is 0. The molecule has 0 atom stereocenters. The van der Waals surface area contributed by atoms with Gasteiger partial charge in [0.1, 0.15) is 0 Å².